The Kier molecular flexibility index (Phi) is 10.4. The molecule has 0 aliphatic heterocycles. The number of aromatic nitrogens is 1. The summed E-state index contributed by atoms with van der Waals surface area (Å²) in [6, 6.07) is 17.8. The van der Waals surface area contributed by atoms with Crippen molar-refractivity contribution in [3.05, 3.63) is 72.0 Å². The number of hydrogen-bond donors (Lipinski definition) is 2. The van der Waals surface area contributed by atoms with E-state index in [2.05, 4.69) is 20.8 Å². The van der Waals surface area contributed by atoms with Gasteiger partial charge in [0.2, 0.25) is 0 Å². The van der Waals surface area contributed by atoms with Gasteiger partial charge < -0.3 is 23.9 Å². The molecule has 41 heavy (non-hydrogen) atoms. The fourth-order valence-corrected chi connectivity index (χ4v) is 5.47. The first kappa shape index (κ1) is 30.1. The highest BCUT2D eigenvalue weighted by atomic mass is 32.2. The number of benzene rings is 2. The molecule has 0 aliphatic carbocycles. The zero-order valence-corrected chi connectivity index (χ0v) is 24.8. The van der Waals surface area contributed by atoms with E-state index in [1.807, 2.05) is 55.5 Å². The lowest BCUT2D eigenvalue weighted by atomic mass is 10.2. The van der Waals surface area contributed by atoms with Gasteiger partial charge in [-0.05, 0) is 75.4 Å². The fourth-order valence-electron chi connectivity index (χ4n) is 3.47. The Bertz CT molecular complexity index is 1480. The predicted molar refractivity (Wildman–Crippen MR) is 159 cm³/mol. The van der Waals surface area contributed by atoms with Crippen molar-refractivity contribution in [2.75, 3.05) is 13.2 Å². The number of hydrazone groups is 1. The highest BCUT2D eigenvalue weighted by Crippen LogP contribution is 2.36. The van der Waals surface area contributed by atoms with Crippen LogP contribution in [0, 0.1) is 0 Å². The van der Waals surface area contributed by atoms with E-state index in [0.29, 0.717) is 17.5 Å². The second-order valence-corrected chi connectivity index (χ2v) is 12.0. The van der Waals surface area contributed by atoms with Crippen molar-refractivity contribution in [1.29, 1.82) is 0 Å². The number of fused-ring (bicyclic) bond motifs is 1. The van der Waals surface area contributed by atoms with Crippen molar-refractivity contribution in [3.63, 3.8) is 0 Å². The Hall–Kier alpha value is -3.87. The maximum atomic E-state index is 12.8. The number of carbonyl (C=O) groups is 2. The molecule has 2 N–H and O–H groups in total. The largest absolute Gasteiger partial charge is 0.494 e. The molecule has 4 rings (SSSR count). The van der Waals surface area contributed by atoms with Crippen LogP contribution in [0.15, 0.2) is 79.6 Å². The number of hydrogen-bond acceptors (Lipinski definition) is 10. The third kappa shape index (κ3) is 9.62. The first-order valence-electron chi connectivity index (χ1n) is 12.9. The van der Waals surface area contributed by atoms with Gasteiger partial charge in [0.05, 0.1) is 36.3 Å². The third-order valence-electron chi connectivity index (χ3n) is 5.21. The summed E-state index contributed by atoms with van der Waals surface area (Å²) in [5.74, 6) is 0.678. The van der Waals surface area contributed by atoms with Gasteiger partial charge in [0, 0.05) is 0 Å². The number of alkyl carbamates (subject to hydrolysis) is 1. The fraction of sp³-hybridized carbons (Fsp3) is 0.310. The van der Waals surface area contributed by atoms with Crippen LogP contribution in [0.2, 0.25) is 0 Å². The van der Waals surface area contributed by atoms with Gasteiger partial charge in [-0.3, -0.25) is 4.79 Å². The summed E-state index contributed by atoms with van der Waals surface area (Å²) in [5.41, 5.74) is 3.54. The minimum absolute atomic E-state index is 0.0781. The van der Waals surface area contributed by atoms with Crippen molar-refractivity contribution in [3.8, 4) is 5.75 Å². The molecule has 216 valence electrons. The quantitative estimate of drug-likeness (QED) is 0.151. The van der Waals surface area contributed by atoms with Crippen LogP contribution in [-0.4, -0.2) is 48.1 Å². The van der Waals surface area contributed by atoms with Crippen LogP contribution in [-0.2, 0) is 20.9 Å². The topological polar surface area (TPSA) is 124 Å². The van der Waals surface area contributed by atoms with Crippen LogP contribution in [0.1, 0.15) is 39.0 Å². The van der Waals surface area contributed by atoms with E-state index < -0.39 is 23.6 Å². The number of ether oxygens (including phenoxy) is 3. The van der Waals surface area contributed by atoms with Crippen LogP contribution in [0.25, 0.3) is 10.2 Å². The Morgan fingerprint density at radius 1 is 1.15 bits per heavy atom. The van der Waals surface area contributed by atoms with Crippen LogP contribution < -0.4 is 15.5 Å². The normalized spacial score (nSPS) is 12.4. The van der Waals surface area contributed by atoms with Crippen molar-refractivity contribution >= 4 is 51.5 Å². The number of furan rings is 1. The molecule has 2 aromatic heterocycles. The van der Waals surface area contributed by atoms with Crippen molar-refractivity contribution in [2.45, 2.75) is 55.4 Å². The lowest BCUT2D eigenvalue weighted by molar-refractivity contribution is -0.124. The molecule has 0 saturated heterocycles. The summed E-state index contributed by atoms with van der Waals surface area (Å²) in [5, 5.41) is 7.16. The molecule has 1 atom stereocenters. The van der Waals surface area contributed by atoms with Crippen molar-refractivity contribution in [2.24, 2.45) is 5.10 Å². The molecule has 0 radical (unpaired) electrons. The Labute approximate surface area is 246 Å². The van der Waals surface area contributed by atoms with E-state index in [9.17, 15) is 9.59 Å². The summed E-state index contributed by atoms with van der Waals surface area (Å²) < 4.78 is 24.2. The third-order valence-corrected chi connectivity index (χ3v) is 7.21. The molecule has 10 nitrogen and oxygen atoms in total. The number of nitrogens with one attached hydrogen (secondary N) is 2. The van der Waals surface area contributed by atoms with Gasteiger partial charge in [-0.1, -0.05) is 30.3 Å². The minimum atomic E-state index is -1.03. The molecule has 2 heterocycles. The molecule has 2 amide bonds. The lowest BCUT2D eigenvalue weighted by Crippen LogP contribution is -2.49. The number of rotatable bonds is 12. The van der Waals surface area contributed by atoms with E-state index in [0.717, 1.165) is 25.9 Å². The maximum absolute atomic E-state index is 12.8. The van der Waals surface area contributed by atoms with Gasteiger partial charge in [-0.25, -0.2) is 15.2 Å². The molecular weight excluding hydrogens is 564 g/mol. The Morgan fingerprint density at radius 2 is 1.95 bits per heavy atom. The van der Waals surface area contributed by atoms with Crippen LogP contribution in [0.5, 0.6) is 5.75 Å². The lowest BCUT2D eigenvalue weighted by Gasteiger charge is -2.22. The van der Waals surface area contributed by atoms with E-state index in [1.54, 1.807) is 44.2 Å². The smallest absolute Gasteiger partial charge is 0.408 e. The summed E-state index contributed by atoms with van der Waals surface area (Å²) >= 11 is 2.93. The van der Waals surface area contributed by atoms with E-state index >= 15 is 0 Å². The van der Waals surface area contributed by atoms with Gasteiger partial charge in [0.1, 0.15) is 23.2 Å². The summed E-state index contributed by atoms with van der Waals surface area (Å²) in [4.78, 5) is 29.8. The average Bonchev–Trinajstić information content (AvgIpc) is 3.53. The zero-order chi connectivity index (χ0) is 29.2. The second-order valence-electron chi connectivity index (χ2n) is 9.73. The van der Waals surface area contributed by atoms with Crippen molar-refractivity contribution in [1.82, 2.24) is 15.7 Å². The molecule has 12 heteroatoms. The number of thiazole rings is 1. The van der Waals surface area contributed by atoms with Crippen molar-refractivity contribution < 1.29 is 28.2 Å². The molecule has 0 spiro atoms. The Balaban J connectivity index is 1.33. The van der Waals surface area contributed by atoms with Crippen LogP contribution in [0.4, 0.5) is 4.79 Å². The van der Waals surface area contributed by atoms with Crippen LogP contribution in [0.3, 0.4) is 0 Å². The first-order chi connectivity index (χ1) is 19.7. The highest BCUT2D eigenvalue weighted by molar-refractivity contribution is 8.01. The standard InChI is InChI=1S/C29H32N4O6S2/c1-5-37-20-11-13-22-24(15-20)40-28(32-22)41-25-14-12-21(38-25)16-30-33-26(34)23(31-27(35)39-29(2,3)4)18-36-17-19-9-7-6-8-10-19/h6-16,23H,5,17-18H2,1-4H3,(H,31,35)(H,33,34)/b30-16-/t23-/m0/s1. The van der Waals surface area contributed by atoms with E-state index in [1.165, 1.54) is 18.0 Å². The summed E-state index contributed by atoms with van der Waals surface area (Å²) in [6.07, 6.45) is 0.644. The number of carbonyl (C=O) groups excluding carboxylic acids is 2. The molecule has 2 aromatic carbocycles. The summed E-state index contributed by atoms with van der Waals surface area (Å²) in [7, 11) is 0. The van der Waals surface area contributed by atoms with E-state index in [4.69, 9.17) is 18.6 Å². The highest BCUT2D eigenvalue weighted by Gasteiger charge is 2.24. The monoisotopic (exact) mass is 596 g/mol. The number of amides is 2. The molecule has 0 bridgehead atoms. The van der Waals surface area contributed by atoms with Gasteiger partial charge in [0.15, 0.2) is 9.43 Å². The number of nitrogens with zero attached hydrogens (tertiary/aromatic N) is 2. The van der Waals surface area contributed by atoms with Gasteiger partial charge in [-0.2, -0.15) is 5.10 Å². The van der Waals surface area contributed by atoms with Gasteiger partial charge in [0.25, 0.3) is 5.91 Å². The average molecular weight is 597 g/mol. The SMILES string of the molecule is CCOc1ccc2nc(Sc3ccc(/C=N\NC(=O)[C@H](COCc4ccccc4)NC(=O)OC(C)(C)C)o3)sc2c1. The molecule has 0 aliphatic rings. The predicted octanol–water partition coefficient (Wildman–Crippen LogP) is 6.00. The Morgan fingerprint density at radius 3 is 2.71 bits per heavy atom. The minimum Gasteiger partial charge on any atom is -0.494 e. The van der Waals surface area contributed by atoms with E-state index in [-0.39, 0.29) is 13.2 Å². The van der Waals surface area contributed by atoms with Gasteiger partial charge in [-0.15, -0.1) is 11.3 Å². The molecule has 0 saturated carbocycles. The first-order valence-corrected chi connectivity index (χ1v) is 14.6. The molecule has 0 fully saturated rings. The molecule has 4 aromatic rings. The zero-order valence-electron chi connectivity index (χ0n) is 23.2. The van der Waals surface area contributed by atoms with Crippen LogP contribution >= 0.6 is 23.1 Å². The molecule has 0 unspecified atom stereocenters. The maximum Gasteiger partial charge on any atom is 0.408 e. The second kappa shape index (κ2) is 14.2. The summed E-state index contributed by atoms with van der Waals surface area (Å²) in [6.45, 7) is 7.97. The van der Waals surface area contributed by atoms with Gasteiger partial charge >= 0.3 is 6.09 Å². The molecular formula is C29H32N4O6S2.